The van der Waals surface area contributed by atoms with Gasteiger partial charge < -0.3 is 14.4 Å². The first-order valence-electron chi connectivity index (χ1n) is 9.27. The molecular formula is C21H26FN3O2. The van der Waals surface area contributed by atoms with Crippen molar-refractivity contribution in [3.05, 3.63) is 58.7 Å². The first-order valence-corrected chi connectivity index (χ1v) is 9.27. The molecule has 0 N–H and O–H groups in total. The van der Waals surface area contributed by atoms with Crippen LogP contribution in [-0.4, -0.2) is 52.4 Å². The minimum absolute atomic E-state index is 0.0169. The van der Waals surface area contributed by atoms with E-state index in [1.54, 1.807) is 17.0 Å². The van der Waals surface area contributed by atoms with Crippen molar-refractivity contribution in [2.75, 3.05) is 26.2 Å². The van der Waals surface area contributed by atoms with E-state index in [-0.39, 0.29) is 24.1 Å². The van der Waals surface area contributed by atoms with E-state index in [1.165, 1.54) is 12.1 Å². The Bertz CT molecular complexity index is 834. The van der Waals surface area contributed by atoms with Gasteiger partial charge in [0.1, 0.15) is 5.82 Å². The molecule has 1 aromatic heterocycles. The molecular weight excluding hydrogens is 345 g/mol. The molecule has 1 aromatic carbocycles. The van der Waals surface area contributed by atoms with Gasteiger partial charge in [-0.05, 0) is 43.2 Å². The highest BCUT2D eigenvalue weighted by molar-refractivity contribution is 5.81. The maximum Gasteiger partial charge on any atom is 0.227 e. The average molecular weight is 371 g/mol. The Morgan fingerprint density at radius 1 is 0.926 bits per heavy atom. The van der Waals surface area contributed by atoms with E-state index in [1.807, 2.05) is 25.8 Å². The van der Waals surface area contributed by atoms with Gasteiger partial charge in [-0.3, -0.25) is 9.59 Å². The Labute approximate surface area is 159 Å². The summed E-state index contributed by atoms with van der Waals surface area (Å²) >= 11 is 0. The van der Waals surface area contributed by atoms with Crippen molar-refractivity contribution in [2.24, 2.45) is 7.05 Å². The van der Waals surface area contributed by atoms with Crippen molar-refractivity contribution in [3.63, 3.8) is 0 Å². The maximum absolute atomic E-state index is 13.0. The topological polar surface area (TPSA) is 45.6 Å². The van der Waals surface area contributed by atoms with Gasteiger partial charge >= 0.3 is 0 Å². The average Bonchev–Trinajstić information content (AvgIpc) is 2.90. The minimum atomic E-state index is -0.304. The number of rotatable bonds is 4. The Balaban J connectivity index is 1.51. The molecule has 1 aliphatic rings. The minimum Gasteiger partial charge on any atom is -0.352 e. The maximum atomic E-state index is 13.0. The summed E-state index contributed by atoms with van der Waals surface area (Å²) in [6, 6.07) is 8.07. The van der Waals surface area contributed by atoms with Gasteiger partial charge in [-0.25, -0.2) is 4.39 Å². The summed E-state index contributed by atoms with van der Waals surface area (Å²) in [5, 5.41) is 0. The molecule has 1 fully saturated rings. The standard InChI is InChI=1S/C21H26FN3O2/c1-15-12-18(16(2)23(15)3)14-21(27)25-10-8-24(9-11-25)20(26)13-17-4-6-19(22)7-5-17/h4-7,12H,8-11,13-14H2,1-3H3. The Hall–Kier alpha value is -2.63. The highest BCUT2D eigenvalue weighted by Gasteiger charge is 2.24. The van der Waals surface area contributed by atoms with E-state index >= 15 is 0 Å². The zero-order valence-electron chi connectivity index (χ0n) is 16.2. The summed E-state index contributed by atoms with van der Waals surface area (Å²) < 4.78 is 15.1. The summed E-state index contributed by atoms with van der Waals surface area (Å²) in [4.78, 5) is 28.7. The number of halogens is 1. The van der Waals surface area contributed by atoms with Crippen LogP contribution < -0.4 is 0 Å². The van der Waals surface area contributed by atoms with Crippen molar-refractivity contribution in [1.82, 2.24) is 14.4 Å². The number of hydrogen-bond donors (Lipinski definition) is 0. The van der Waals surface area contributed by atoms with Gasteiger partial charge in [-0.15, -0.1) is 0 Å². The van der Waals surface area contributed by atoms with Crippen molar-refractivity contribution < 1.29 is 14.0 Å². The summed E-state index contributed by atoms with van der Waals surface area (Å²) in [5.41, 5.74) is 4.13. The molecule has 0 radical (unpaired) electrons. The fourth-order valence-electron chi connectivity index (χ4n) is 3.48. The fraction of sp³-hybridized carbons (Fsp3) is 0.429. The molecule has 0 saturated carbocycles. The SMILES string of the molecule is Cc1cc(CC(=O)N2CCN(C(=O)Cc3ccc(F)cc3)CC2)c(C)n1C. The second kappa shape index (κ2) is 7.94. The third-order valence-electron chi connectivity index (χ3n) is 5.48. The van der Waals surface area contributed by atoms with Crippen LogP contribution in [0.15, 0.2) is 30.3 Å². The summed E-state index contributed by atoms with van der Waals surface area (Å²) in [6.45, 7) is 6.25. The summed E-state index contributed by atoms with van der Waals surface area (Å²) in [5.74, 6) is -0.181. The van der Waals surface area contributed by atoms with Gasteiger partial charge in [0, 0.05) is 44.6 Å². The summed E-state index contributed by atoms with van der Waals surface area (Å²) in [7, 11) is 2.00. The molecule has 0 aliphatic carbocycles. The van der Waals surface area contributed by atoms with Crippen LogP contribution in [-0.2, 0) is 29.5 Å². The molecule has 1 aliphatic heterocycles. The van der Waals surface area contributed by atoms with Crippen molar-refractivity contribution in [2.45, 2.75) is 26.7 Å². The van der Waals surface area contributed by atoms with Gasteiger partial charge in [-0.1, -0.05) is 12.1 Å². The molecule has 3 rings (SSSR count). The Morgan fingerprint density at radius 2 is 1.44 bits per heavy atom. The predicted octanol–water partition coefficient (Wildman–Crippen LogP) is 2.24. The first-order chi connectivity index (χ1) is 12.8. The number of aromatic nitrogens is 1. The monoisotopic (exact) mass is 371 g/mol. The largest absolute Gasteiger partial charge is 0.352 e. The summed E-state index contributed by atoms with van der Waals surface area (Å²) in [6.07, 6.45) is 0.660. The highest BCUT2D eigenvalue weighted by Crippen LogP contribution is 2.16. The first kappa shape index (κ1) is 19.1. The van der Waals surface area contributed by atoms with Crippen LogP contribution in [0, 0.1) is 19.7 Å². The lowest BCUT2D eigenvalue weighted by molar-refractivity contribution is -0.138. The number of hydrogen-bond acceptors (Lipinski definition) is 2. The number of piperazine rings is 1. The number of carbonyl (C=O) groups excluding carboxylic acids is 2. The number of benzene rings is 1. The molecule has 2 amide bonds. The second-order valence-electron chi connectivity index (χ2n) is 7.20. The second-order valence-corrected chi connectivity index (χ2v) is 7.20. The van der Waals surface area contributed by atoms with Gasteiger partial charge in [0.25, 0.3) is 0 Å². The van der Waals surface area contributed by atoms with Gasteiger partial charge in [0.15, 0.2) is 0 Å². The van der Waals surface area contributed by atoms with E-state index in [4.69, 9.17) is 0 Å². The van der Waals surface area contributed by atoms with Crippen LogP contribution >= 0.6 is 0 Å². The van der Waals surface area contributed by atoms with Crippen LogP contribution in [0.5, 0.6) is 0 Å². The Morgan fingerprint density at radius 3 is 1.93 bits per heavy atom. The van der Waals surface area contributed by atoms with E-state index in [2.05, 4.69) is 10.6 Å². The molecule has 0 unspecified atom stereocenters. The predicted molar refractivity (Wildman–Crippen MR) is 102 cm³/mol. The highest BCUT2D eigenvalue weighted by atomic mass is 19.1. The van der Waals surface area contributed by atoms with Crippen molar-refractivity contribution in [3.8, 4) is 0 Å². The molecule has 2 heterocycles. The Kier molecular flexibility index (Phi) is 5.63. The lowest BCUT2D eigenvalue weighted by Gasteiger charge is -2.35. The number of nitrogens with zero attached hydrogens (tertiary/aromatic N) is 3. The van der Waals surface area contributed by atoms with Gasteiger partial charge in [0.2, 0.25) is 11.8 Å². The van der Waals surface area contributed by atoms with E-state index in [0.29, 0.717) is 32.6 Å². The number of carbonyl (C=O) groups is 2. The molecule has 2 aromatic rings. The van der Waals surface area contributed by atoms with Gasteiger partial charge in [-0.2, -0.15) is 0 Å². The van der Waals surface area contributed by atoms with Gasteiger partial charge in [0.05, 0.1) is 12.8 Å². The van der Waals surface area contributed by atoms with Crippen LogP contribution in [0.2, 0.25) is 0 Å². The van der Waals surface area contributed by atoms with Crippen LogP contribution in [0.1, 0.15) is 22.5 Å². The zero-order valence-corrected chi connectivity index (χ0v) is 16.2. The third kappa shape index (κ3) is 4.38. The molecule has 27 heavy (non-hydrogen) atoms. The molecule has 5 nitrogen and oxygen atoms in total. The molecule has 0 spiro atoms. The number of aryl methyl sites for hydroxylation is 1. The number of amides is 2. The van der Waals surface area contributed by atoms with E-state index in [9.17, 15) is 14.0 Å². The zero-order chi connectivity index (χ0) is 19.6. The van der Waals surface area contributed by atoms with Crippen LogP contribution in [0.3, 0.4) is 0 Å². The van der Waals surface area contributed by atoms with Crippen molar-refractivity contribution >= 4 is 11.8 Å². The normalized spacial score (nSPS) is 14.5. The van der Waals surface area contributed by atoms with E-state index < -0.39 is 0 Å². The van der Waals surface area contributed by atoms with E-state index in [0.717, 1.165) is 22.5 Å². The molecule has 1 saturated heterocycles. The molecule has 0 atom stereocenters. The smallest absolute Gasteiger partial charge is 0.227 e. The molecule has 6 heteroatoms. The quantitative estimate of drug-likeness (QED) is 0.827. The lowest BCUT2D eigenvalue weighted by Crippen LogP contribution is -2.51. The molecule has 144 valence electrons. The van der Waals surface area contributed by atoms with Crippen molar-refractivity contribution in [1.29, 1.82) is 0 Å². The fourth-order valence-corrected chi connectivity index (χ4v) is 3.48. The van der Waals surface area contributed by atoms with Crippen LogP contribution in [0.4, 0.5) is 4.39 Å². The lowest BCUT2D eigenvalue weighted by atomic mass is 10.1. The molecule has 0 bridgehead atoms. The van der Waals surface area contributed by atoms with Crippen LogP contribution in [0.25, 0.3) is 0 Å². The third-order valence-corrected chi connectivity index (χ3v) is 5.48.